The van der Waals surface area contributed by atoms with Gasteiger partial charge in [0.15, 0.2) is 12.6 Å². The Morgan fingerprint density at radius 3 is 1.20 bits per heavy atom. The fourth-order valence-corrected chi connectivity index (χ4v) is 10.2. The molecule has 0 aromatic carbocycles. The van der Waals surface area contributed by atoms with Crippen molar-refractivity contribution >= 4 is 5.91 Å². The number of rotatable bonds is 48. The maximum atomic E-state index is 13.2. The summed E-state index contributed by atoms with van der Waals surface area (Å²) in [6.45, 7) is 2.83. The Bertz CT molecular complexity index is 1200. The van der Waals surface area contributed by atoms with Gasteiger partial charge in [0.1, 0.15) is 48.8 Å². The number of carbonyl (C=O) groups excluding carboxylic acids is 1. The summed E-state index contributed by atoms with van der Waals surface area (Å²) in [6.07, 6.45) is 31.7. The monoisotopic (exact) mass is 1020 g/mol. The molecule has 2 aliphatic heterocycles. The first-order valence-corrected chi connectivity index (χ1v) is 29.8. The number of hydrogen-bond donors (Lipinski definition) is 9. The van der Waals surface area contributed by atoms with Gasteiger partial charge in [-0.25, -0.2) is 0 Å². The number of hydrogen-bond acceptors (Lipinski definition) is 13. The molecule has 2 rings (SSSR count). The van der Waals surface area contributed by atoms with Crippen LogP contribution in [0, 0.1) is 0 Å². The predicted octanol–water partition coefficient (Wildman–Crippen LogP) is 9.73. The minimum absolute atomic E-state index is 0.205. The lowest BCUT2D eigenvalue weighted by Gasteiger charge is -2.46. The van der Waals surface area contributed by atoms with Gasteiger partial charge < -0.3 is 65.1 Å². The van der Waals surface area contributed by atoms with Crippen LogP contribution in [0.15, 0.2) is 0 Å². The number of ether oxygens (including phenoxy) is 4. The molecule has 0 aromatic heterocycles. The number of unbranched alkanes of at least 4 members (excludes halogenated alkanes) is 35. The summed E-state index contributed by atoms with van der Waals surface area (Å²) in [5, 5.41) is 86.7. The molecule has 0 aliphatic carbocycles. The lowest BCUT2D eigenvalue weighted by atomic mass is 9.97. The van der Waals surface area contributed by atoms with Gasteiger partial charge in [0, 0.05) is 6.42 Å². The third-order valence-electron chi connectivity index (χ3n) is 15.1. The molecule has 71 heavy (non-hydrogen) atoms. The minimum Gasteiger partial charge on any atom is -0.394 e. The van der Waals surface area contributed by atoms with E-state index in [1.54, 1.807) is 0 Å². The molecule has 422 valence electrons. The average molecular weight is 1020 g/mol. The van der Waals surface area contributed by atoms with Crippen molar-refractivity contribution in [3.8, 4) is 0 Å². The summed E-state index contributed by atoms with van der Waals surface area (Å²) in [6, 6.07) is -0.820. The highest BCUT2D eigenvalue weighted by Crippen LogP contribution is 2.30. The fourth-order valence-electron chi connectivity index (χ4n) is 10.2. The smallest absolute Gasteiger partial charge is 0.220 e. The first-order valence-electron chi connectivity index (χ1n) is 29.8. The summed E-state index contributed by atoms with van der Waals surface area (Å²) < 4.78 is 22.7. The SMILES string of the molecule is CCCCCCCCCCCCCCCCCCCCCCCCCCCCCCCCC(=O)NC(COC1OC(CO)C(OC2OC(CO)C(O)C(O)C2O)C(O)C1O)C(O)CCCCCCCCC. The van der Waals surface area contributed by atoms with Crippen molar-refractivity contribution in [2.45, 2.75) is 338 Å². The molecule has 12 atom stereocenters. The van der Waals surface area contributed by atoms with Crippen LogP contribution in [0.2, 0.25) is 0 Å². The Morgan fingerprint density at radius 2 is 0.803 bits per heavy atom. The van der Waals surface area contributed by atoms with Crippen LogP contribution in [0.4, 0.5) is 0 Å². The standard InChI is InChI=1S/C57H111NO13/c1-3-5-7-9-11-12-13-14-15-16-17-18-19-20-21-22-23-24-25-26-27-28-29-30-31-32-33-35-37-39-41-49(62)58-45(46(61)40-38-36-34-10-8-6-4-2)44-68-56-54(67)52(65)55(48(43-60)70-56)71-57-53(66)51(64)50(63)47(42-59)69-57/h45-48,50-57,59-61,63-67H,3-44H2,1-2H3,(H,58,62). The molecule has 14 heteroatoms. The van der Waals surface area contributed by atoms with Crippen molar-refractivity contribution < 1.29 is 64.6 Å². The fraction of sp³-hybridized carbons (Fsp3) is 0.982. The molecule has 9 N–H and O–H groups in total. The van der Waals surface area contributed by atoms with E-state index in [1.807, 2.05) is 0 Å². The van der Waals surface area contributed by atoms with Gasteiger partial charge in [-0.1, -0.05) is 245 Å². The molecule has 0 spiro atoms. The Balaban J connectivity index is 1.57. The van der Waals surface area contributed by atoms with Crippen LogP contribution in [0.5, 0.6) is 0 Å². The van der Waals surface area contributed by atoms with Crippen LogP contribution in [0.3, 0.4) is 0 Å². The summed E-state index contributed by atoms with van der Waals surface area (Å²) in [4.78, 5) is 13.2. The van der Waals surface area contributed by atoms with E-state index in [2.05, 4.69) is 19.2 Å². The Labute approximate surface area is 432 Å². The Hall–Kier alpha value is -1.01. The number of amides is 1. The molecule has 0 bridgehead atoms. The summed E-state index contributed by atoms with van der Waals surface area (Å²) in [7, 11) is 0. The van der Waals surface area contributed by atoms with E-state index in [4.69, 9.17) is 18.9 Å². The zero-order valence-corrected chi connectivity index (χ0v) is 45.2. The zero-order chi connectivity index (χ0) is 51.7. The second-order valence-corrected chi connectivity index (χ2v) is 21.5. The van der Waals surface area contributed by atoms with Crippen LogP contribution in [0.25, 0.3) is 0 Å². The van der Waals surface area contributed by atoms with Crippen LogP contribution in [0.1, 0.15) is 264 Å². The number of aliphatic hydroxyl groups excluding tert-OH is 8. The van der Waals surface area contributed by atoms with Crippen LogP contribution >= 0.6 is 0 Å². The molecule has 2 saturated heterocycles. The van der Waals surface area contributed by atoms with Gasteiger partial charge >= 0.3 is 0 Å². The van der Waals surface area contributed by atoms with E-state index < -0.39 is 86.8 Å². The van der Waals surface area contributed by atoms with Crippen molar-refractivity contribution in [2.75, 3.05) is 19.8 Å². The molecular weight excluding hydrogens is 907 g/mol. The second-order valence-electron chi connectivity index (χ2n) is 21.5. The molecule has 0 saturated carbocycles. The molecule has 2 heterocycles. The first kappa shape index (κ1) is 66.1. The molecule has 1 amide bonds. The maximum absolute atomic E-state index is 13.2. The third kappa shape index (κ3) is 30.4. The zero-order valence-electron chi connectivity index (χ0n) is 45.2. The Morgan fingerprint density at radius 1 is 0.451 bits per heavy atom. The van der Waals surface area contributed by atoms with Gasteiger partial charge in [-0.15, -0.1) is 0 Å². The lowest BCUT2D eigenvalue weighted by molar-refractivity contribution is -0.359. The highest BCUT2D eigenvalue weighted by molar-refractivity contribution is 5.76. The van der Waals surface area contributed by atoms with Crippen LogP contribution in [-0.4, -0.2) is 140 Å². The van der Waals surface area contributed by atoms with Crippen LogP contribution in [-0.2, 0) is 23.7 Å². The molecule has 0 radical (unpaired) electrons. The summed E-state index contributed by atoms with van der Waals surface area (Å²) in [5.74, 6) is -0.205. The van der Waals surface area contributed by atoms with Crippen molar-refractivity contribution in [2.24, 2.45) is 0 Å². The van der Waals surface area contributed by atoms with Crippen molar-refractivity contribution in [1.82, 2.24) is 5.32 Å². The average Bonchev–Trinajstić information content (AvgIpc) is 3.37. The molecule has 2 aliphatic rings. The highest BCUT2D eigenvalue weighted by atomic mass is 16.7. The second kappa shape index (κ2) is 44.2. The normalized spacial score (nSPS) is 25.7. The lowest BCUT2D eigenvalue weighted by Crippen LogP contribution is -2.65. The van der Waals surface area contributed by atoms with Crippen molar-refractivity contribution in [3.05, 3.63) is 0 Å². The topological polar surface area (TPSA) is 228 Å². The predicted molar refractivity (Wildman–Crippen MR) is 282 cm³/mol. The number of aliphatic hydroxyl groups is 8. The van der Waals surface area contributed by atoms with Crippen LogP contribution < -0.4 is 5.32 Å². The van der Waals surface area contributed by atoms with Crippen molar-refractivity contribution in [1.29, 1.82) is 0 Å². The Kier molecular flexibility index (Phi) is 41.1. The number of carbonyl (C=O) groups is 1. The van der Waals surface area contributed by atoms with E-state index in [0.29, 0.717) is 12.8 Å². The molecule has 12 unspecified atom stereocenters. The van der Waals surface area contributed by atoms with Gasteiger partial charge in [-0.05, 0) is 12.8 Å². The summed E-state index contributed by atoms with van der Waals surface area (Å²) >= 11 is 0. The van der Waals surface area contributed by atoms with E-state index in [9.17, 15) is 45.6 Å². The number of nitrogens with one attached hydrogen (secondary N) is 1. The molecule has 2 fully saturated rings. The maximum Gasteiger partial charge on any atom is 0.220 e. The van der Waals surface area contributed by atoms with Gasteiger partial charge in [-0.3, -0.25) is 4.79 Å². The minimum atomic E-state index is -1.78. The van der Waals surface area contributed by atoms with E-state index in [-0.39, 0.29) is 12.5 Å². The molecular formula is C57H111NO13. The van der Waals surface area contributed by atoms with E-state index in [0.717, 1.165) is 51.4 Å². The highest BCUT2D eigenvalue weighted by Gasteiger charge is 2.51. The van der Waals surface area contributed by atoms with E-state index in [1.165, 1.54) is 186 Å². The van der Waals surface area contributed by atoms with E-state index >= 15 is 0 Å². The molecule has 14 nitrogen and oxygen atoms in total. The van der Waals surface area contributed by atoms with Crippen molar-refractivity contribution in [3.63, 3.8) is 0 Å². The quantitative estimate of drug-likeness (QED) is 0.0259. The summed E-state index contributed by atoms with van der Waals surface area (Å²) in [5.41, 5.74) is 0. The first-order chi connectivity index (χ1) is 34.6. The largest absolute Gasteiger partial charge is 0.394 e. The van der Waals surface area contributed by atoms with Gasteiger partial charge in [0.2, 0.25) is 5.91 Å². The third-order valence-corrected chi connectivity index (χ3v) is 15.1. The molecule has 0 aromatic rings. The van der Waals surface area contributed by atoms with Gasteiger partial charge in [0.25, 0.3) is 0 Å². The van der Waals surface area contributed by atoms with Gasteiger partial charge in [-0.2, -0.15) is 0 Å². The van der Waals surface area contributed by atoms with Gasteiger partial charge in [0.05, 0.1) is 32.0 Å².